The lowest BCUT2D eigenvalue weighted by Crippen LogP contribution is -2.12. The standard InChI is InChI=1S/C4H8BrO2P/c1-4-2-3-6-8(5)7-4/h4H,2-3H2,1H3. The van der Waals surface area contributed by atoms with Crippen LogP contribution in [0.1, 0.15) is 13.3 Å². The van der Waals surface area contributed by atoms with Crippen molar-refractivity contribution in [1.82, 2.24) is 0 Å². The minimum absolute atomic E-state index is 0.370. The zero-order valence-electron chi connectivity index (χ0n) is 4.63. The van der Waals surface area contributed by atoms with Crippen molar-refractivity contribution in [2.24, 2.45) is 0 Å². The van der Waals surface area contributed by atoms with E-state index in [9.17, 15) is 0 Å². The Morgan fingerprint density at radius 3 is 2.88 bits per heavy atom. The summed E-state index contributed by atoms with van der Waals surface area (Å²) < 4.78 is 10.4. The molecule has 2 atom stereocenters. The Bertz CT molecular complexity index is 72.4. The van der Waals surface area contributed by atoms with Crippen molar-refractivity contribution in [1.29, 1.82) is 0 Å². The third-order valence-corrected chi connectivity index (χ3v) is 3.01. The monoisotopic (exact) mass is 198 g/mol. The van der Waals surface area contributed by atoms with Gasteiger partial charge in [0, 0.05) is 15.5 Å². The first-order valence-electron chi connectivity index (χ1n) is 2.54. The molecule has 0 N–H and O–H groups in total. The van der Waals surface area contributed by atoms with Crippen molar-refractivity contribution in [3.05, 3.63) is 0 Å². The van der Waals surface area contributed by atoms with Crippen LogP contribution in [0.5, 0.6) is 0 Å². The molecule has 0 spiro atoms. The number of halogens is 1. The van der Waals surface area contributed by atoms with E-state index in [-0.39, 0.29) is 0 Å². The second kappa shape index (κ2) is 3.11. The Labute approximate surface area is 58.2 Å². The Hall–Kier alpha value is 0.830. The van der Waals surface area contributed by atoms with Crippen LogP contribution in [0.2, 0.25) is 0 Å². The van der Waals surface area contributed by atoms with Gasteiger partial charge in [-0.15, -0.1) is 0 Å². The maximum absolute atomic E-state index is 5.25. The lowest BCUT2D eigenvalue weighted by atomic mass is 10.3. The molecule has 0 bridgehead atoms. The summed E-state index contributed by atoms with van der Waals surface area (Å²) in [5.74, 6) is 0. The second-order valence-corrected chi connectivity index (χ2v) is 4.38. The molecule has 1 aliphatic rings. The smallest absolute Gasteiger partial charge is 0.247 e. The zero-order chi connectivity index (χ0) is 5.98. The molecule has 1 rings (SSSR count). The topological polar surface area (TPSA) is 18.5 Å². The van der Waals surface area contributed by atoms with Gasteiger partial charge in [0.25, 0.3) is 0 Å². The van der Waals surface area contributed by atoms with Crippen molar-refractivity contribution < 1.29 is 9.05 Å². The third kappa shape index (κ3) is 1.98. The van der Waals surface area contributed by atoms with Crippen molar-refractivity contribution >= 4 is 22.6 Å². The van der Waals surface area contributed by atoms with Crippen LogP contribution >= 0.6 is 22.6 Å². The van der Waals surface area contributed by atoms with Gasteiger partial charge in [0.2, 0.25) is 7.08 Å². The molecule has 0 aromatic rings. The molecule has 1 fully saturated rings. The summed E-state index contributed by atoms with van der Waals surface area (Å²) in [5, 5.41) is 0. The van der Waals surface area contributed by atoms with E-state index >= 15 is 0 Å². The molecule has 0 aliphatic carbocycles. The molecular formula is C4H8BrO2P. The van der Waals surface area contributed by atoms with Crippen LogP contribution in [0.4, 0.5) is 0 Å². The van der Waals surface area contributed by atoms with Gasteiger partial charge in [-0.2, -0.15) is 0 Å². The summed E-state index contributed by atoms with van der Waals surface area (Å²) in [6.07, 6.45) is 1.39. The van der Waals surface area contributed by atoms with Crippen molar-refractivity contribution in [3.63, 3.8) is 0 Å². The molecule has 0 amide bonds. The van der Waals surface area contributed by atoms with Gasteiger partial charge in [0.15, 0.2) is 0 Å². The zero-order valence-corrected chi connectivity index (χ0v) is 7.11. The molecule has 8 heavy (non-hydrogen) atoms. The van der Waals surface area contributed by atoms with Crippen LogP contribution in [-0.4, -0.2) is 12.7 Å². The lowest BCUT2D eigenvalue weighted by Gasteiger charge is -2.22. The molecule has 0 aromatic heterocycles. The number of hydrogen-bond donors (Lipinski definition) is 0. The van der Waals surface area contributed by atoms with E-state index < -0.39 is 7.08 Å². The van der Waals surface area contributed by atoms with Gasteiger partial charge in [-0.25, -0.2) is 0 Å². The molecule has 1 aliphatic heterocycles. The van der Waals surface area contributed by atoms with E-state index in [4.69, 9.17) is 9.05 Å². The van der Waals surface area contributed by atoms with Crippen molar-refractivity contribution in [2.75, 3.05) is 6.61 Å². The molecule has 4 heteroatoms. The molecule has 48 valence electrons. The highest BCUT2D eigenvalue weighted by Crippen LogP contribution is 2.50. The molecule has 1 heterocycles. The quantitative estimate of drug-likeness (QED) is 0.557. The Morgan fingerprint density at radius 2 is 2.50 bits per heavy atom. The predicted molar refractivity (Wildman–Crippen MR) is 37.0 cm³/mol. The number of hydrogen-bond acceptors (Lipinski definition) is 2. The third-order valence-electron chi connectivity index (χ3n) is 0.980. The molecule has 0 saturated carbocycles. The van der Waals surface area contributed by atoms with Crippen molar-refractivity contribution in [3.8, 4) is 0 Å². The highest BCUT2D eigenvalue weighted by molar-refractivity contribution is 9.38. The van der Waals surface area contributed by atoms with Crippen LogP contribution in [0.25, 0.3) is 0 Å². The van der Waals surface area contributed by atoms with Crippen LogP contribution in [0.15, 0.2) is 0 Å². The lowest BCUT2D eigenvalue weighted by molar-refractivity contribution is 0.130. The summed E-state index contributed by atoms with van der Waals surface area (Å²) in [6, 6.07) is 0. The van der Waals surface area contributed by atoms with Gasteiger partial charge < -0.3 is 9.05 Å². The minimum Gasteiger partial charge on any atom is -0.326 e. The van der Waals surface area contributed by atoms with Gasteiger partial charge in [0.1, 0.15) is 0 Å². The molecule has 0 radical (unpaired) electrons. The molecule has 2 unspecified atom stereocenters. The first-order valence-corrected chi connectivity index (χ1v) is 5.74. The Kier molecular flexibility index (Phi) is 2.70. The van der Waals surface area contributed by atoms with E-state index in [1.807, 2.05) is 0 Å². The second-order valence-electron chi connectivity index (χ2n) is 1.75. The largest absolute Gasteiger partial charge is 0.326 e. The molecule has 0 aromatic carbocycles. The fraction of sp³-hybridized carbons (Fsp3) is 1.00. The summed E-state index contributed by atoms with van der Waals surface area (Å²) in [6.45, 7) is 2.89. The van der Waals surface area contributed by atoms with Crippen LogP contribution in [0, 0.1) is 0 Å². The molecular weight excluding hydrogens is 191 g/mol. The normalized spacial score (nSPS) is 39.8. The van der Waals surface area contributed by atoms with Crippen LogP contribution < -0.4 is 0 Å². The number of rotatable bonds is 0. The summed E-state index contributed by atoms with van der Waals surface area (Å²) >= 11 is 3.25. The molecule has 1 saturated heterocycles. The van der Waals surface area contributed by atoms with Gasteiger partial charge in [-0.1, -0.05) is 0 Å². The van der Waals surface area contributed by atoms with Crippen LogP contribution in [-0.2, 0) is 9.05 Å². The summed E-state index contributed by atoms with van der Waals surface area (Å²) in [4.78, 5) is 0. The van der Waals surface area contributed by atoms with Gasteiger partial charge in [0.05, 0.1) is 12.7 Å². The van der Waals surface area contributed by atoms with E-state index in [1.54, 1.807) is 0 Å². The Balaban J connectivity index is 2.23. The predicted octanol–water partition coefficient (Wildman–Crippen LogP) is 2.43. The van der Waals surface area contributed by atoms with E-state index in [0.29, 0.717) is 6.10 Å². The van der Waals surface area contributed by atoms with Gasteiger partial charge in [-0.05, 0) is 13.3 Å². The average molecular weight is 199 g/mol. The highest BCUT2D eigenvalue weighted by Gasteiger charge is 2.16. The molecule has 2 nitrogen and oxygen atoms in total. The summed E-state index contributed by atoms with van der Waals surface area (Å²) in [7, 11) is -0.718. The average Bonchev–Trinajstić information content (AvgIpc) is 1.64. The van der Waals surface area contributed by atoms with Gasteiger partial charge >= 0.3 is 0 Å². The maximum atomic E-state index is 5.25. The van der Waals surface area contributed by atoms with Crippen molar-refractivity contribution in [2.45, 2.75) is 19.4 Å². The summed E-state index contributed by atoms with van der Waals surface area (Å²) in [5.41, 5.74) is 0. The first-order chi connectivity index (χ1) is 3.79. The Morgan fingerprint density at radius 1 is 1.75 bits per heavy atom. The minimum atomic E-state index is -0.718. The maximum Gasteiger partial charge on any atom is 0.247 e. The highest BCUT2D eigenvalue weighted by atomic mass is 79.9. The van der Waals surface area contributed by atoms with Gasteiger partial charge in [-0.3, -0.25) is 0 Å². The fourth-order valence-corrected chi connectivity index (χ4v) is 2.50. The van der Waals surface area contributed by atoms with E-state index in [2.05, 4.69) is 22.4 Å². The fourth-order valence-electron chi connectivity index (χ4n) is 0.515. The van der Waals surface area contributed by atoms with E-state index in [1.165, 1.54) is 0 Å². The van der Waals surface area contributed by atoms with E-state index in [0.717, 1.165) is 13.0 Å². The van der Waals surface area contributed by atoms with Crippen LogP contribution in [0.3, 0.4) is 0 Å². The first kappa shape index (κ1) is 6.94. The SMILES string of the molecule is CC1CCOP(Br)O1.